The maximum atomic E-state index is 5.44. The standard InChI is InChI=1S/C13H22.C12H22N2.C12H21NO.C11H19NO/c1-12(2,3)10-8-7-9-11(10)13(4,5)6;1-11(2,3)9-10(12(4,5)6)14(7)8-13-9;1-8-9(11(2,3)4)10(14-13-8)12(5,6)7;1-10(2,3)8-9(11(4,5)6)13-7-12-8/h7-8H,9H2,1-6H3;8H,1-7H3;1-7H3;7H,1-6H3. The van der Waals surface area contributed by atoms with E-state index in [-0.39, 0.29) is 32.5 Å². The fourth-order valence-electron chi connectivity index (χ4n) is 6.86. The van der Waals surface area contributed by atoms with Crippen molar-refractivity contribution >= 4 is 0 Å². The molecule has 0 aromatic carbocycles. The first-order chi connectivity index (χ1) is 23.7. The molecule has 3 aromatic heterocycles. The van der Waals surface area contributed by atoms with Crippen LogP contribution in [-0.2, 0) is 39.5 Å². The Hall–Kier alpha value is -2.89. The number of aryl methyl sites for hydroxylation is 2. The molecule has 0 saturated carbocycles. The molecule has 1 aliphatic carbocycles. The Balaban J connectivity index is 0.000000360. The number of imidazole rings is 1. The lowest BCUT2D eigenvalue weighted by atomic mass is 9.76. The molecule has 0 bridgehead atoms. The molecule has 0 atom stereocenters. The zero-order valence-corrected chi connectivity index (χ0v) is 40.1. The van der Waals surface area contributed by atoms with E-state index in [4.69, 9.17) is 8.94 Å². The Kier molecular flexibility index (Phi) is 15.2. The van der Waals surface area contributed by atoms with Crippen LogP contribution in [0.1, 0.15) is 212 Å². The molecule has 3 aromatic rings. The molecule has 3 heterocycles. The molecule has 6 nitrogen and oxygen atoms in total. The summed E-state index contributed by atoms with van der Waals surface area (Å²) in [5.74, 6) is 2.02. The maximum absolute atomic E-state index is 5.44. The molecule has 0 aliphatic heterocycles. The smallest absolute Gasteiger partial charge is 0.181 e. The van der Waals surface area contributed by atoms with Crippen LogP contribution in [0.4, 0.5) is 0 Å². The Bertz CT molecular complexity index is 1600. The van der Waals surface area contributed by atoms with Gasteiger partial charge >= 0.3 is 0 Å². The Labute approximate surface area is 333 Å². The molecule has 0 fully saturated rings. The summed E-state index contributed by atoms with van der Waals surface area (Å²) in [6.45, 7) is 55.1. The molecular weight excluding hydrogens is 665 g/mol. The van der Waals surface area contributed by atoms with Crippen LogP contribution in [0.3, 0.4) is 0 Å². The predicted molar refractivity (Wildman–Crippen MR) is 233 cm³/mol. The lowest BCUT2D eigenvalue weighted by molar-refractivity contribution is 0.321. The number of oxazole rings is 1. The van der Waals surface area contributed by atoms with E-state index in [0.717, 1.165) is 29.3 Å². The summed E-state index contributed by atoms with van der Waals surface area (Å²) in [7, 11) is 2.07. The highest BCUT2D eigenvalue weighted by molar-refractivity contribution is 5.40. The quantitative estimate of drug-likeness (QED) is 0.229. The molecule has 0 saturated heterocycles. The first-order valence-corrected chi connectivity index (χ1v) is 20.1. The number of hydrogen-bond donors (Lipinski definition) is 0. The van der Waals surface area contributed by atoms with Crippen LogP contribution in [0, 0.1) is 17.8 Å². The van der Waals surface area contributed by atoms with Crippen molar-refractivity contribution in [3.05, 3.63) is 75.9 Å². The molecule has 54 heavy (non-hydrogen) atoms. The summed E-state index contributed by atoms with van der Waals surface area (Å²) in [6.07, 6.45) is 9.21. The molecule has 0 spiro atoms. The molecule has 0 amide bonds. The van der Waals surface area contributed by atoms with Gasteiger partial charge < -0.3 is 13.5 Å². The summed E-state index contributed by atoms with van der Waals surface area (Å²) in [6, 6.07) is 0. The number of rotatable bonds is 0. The lowest BCUT2D eigenvalue weighted by Crippen LogP contribution is -2.23. The van der Waals surface area contributed by atoms with E-state index in [9.17, 15) is 0 Å². The third-order valence-electron chi connectivity index (χ3n) is 9.26. The second-order valence-electron chi connectivity index (χ2n) is 23.6. The Morgan fingerprint density at radius 1 is 0.537 bits per heavy atom. The maximum Gasteiger partial charge on any atom is 0.181 e. The van der Waals surface area contributed by atoms with Crippen molar-refractivity contribution in [2.24, 2.45) is 17.9 Å². The van der Waals surface area contributed by atoms with Crippen molar-refractivity contribution in [2.75, 3.05) is 0 Å². The van der Waals surface area contributed by atoms with E-state index < -0.39 is 0 Å². The second-order valence-corrected chi connectivity index (χ2v) is 23.6. The van der Waals surface area contributed by atoms with Gasteiger partial charge in [0.1, 0.15) is 11.5 Å². The molecule has 0 N–H and O–H groups in total. The van der Waals surface area contributed by atoms with Gasteiger partial charge in [0.05, 0.1) is 23.4 Å². The van der Waals surface area contributed by atoms with E-state index in [1.807, 2.05) is 13.3 Å². The van der Waals surface area contributed by atoms with Gasteiger partial charge in [0.15, 0.2) is 6.39 Å². The average Bonchev–Trinajstić information content (AvgIpc) is 3.70. The zero-order valence-electron chi connectivity index (χ0n) is 40.1. The highest BCUT2D eigenvalue weighted by atomic mass is 16.5. The fraction of sp³-hybridized carbons (Fsp3) is 0.729. The van der Waals surface area contributed by atoms with Gasteiger partial charge in [0.25, 0.3) is 0 Å². The van der Waals surface area contributed by atoms with Crippen molar-refractivity contribution in [2.45, 2.75) is 212 Å². The van der Waals surface area contributed by atoms with Crippen molar-refractivity contribution in [3.8, 4) is 0 Å². The van der Waals surface area contributed by atoms with E-state index in [1.54, 1.807) is 17.5 Å². The van der Waals surface area contributed by atoms with Crippen LogP contribution in [0.25, 0.3) is 0 Å². The van der Waals surface area contributed by atoms with Crippen LogP contribution in [-0.4, -0.2) is 19.7 Å². The van der Waals surface area contributed by atoms with Gasteiger partial charge in [0.2, 0.25) is 0 Å². The first kappa shape index (κ1) is 49.1. The van der Waals surface area contributed by atoms with Gasteiger partial charge in [-0.3, -0.25) is 0 Å². The Morgan fingerprint density at radius 2 is 1.02 bits per heavy atom. The van der Waals surface area contributed by atoms with Crippen LogP contribution < -0.4 is 0 Å². The molecule has 6 heteroatoms. The first-order valence-electron chi connectivity index (χ1n) is 20.1. The van der Waals surface area contributed by atoms with Crippen molar-refractivity contribution in [1.82, 2.24) is 19.7 Å². The third-order valence-corrected chi connectivity index (χ3v) is 9.26. The SMILES string of the molecule is CC(C)(C)C1=C(C(C)(C)C)CC=C1.CC(C)(C)c1ncoc1C(C)(C)C.Cc1noc(C(C)(C)C)c1C(C)(C)C.Cn1cnc(C(C)(C)C)c1C(C)(C)C. The minimum Gasteiger partial charge on any atom is -0.448 e. The number of allylic oxidation sites excluding steroid dienone is 4. The van der Waals surface area contributed by atoms with Crippen LogP contribution in [0.5, 0.6) is 0 Å². The van der Waals surface area contributed by atoms with Crippen molar-refractivity contribution in [3.63, 3.8) is 0 Å². The largest absolute Gasteiger partial charge is 0.448 e. The van der Waals surface area contributed by atoms with E-state index in [0.29, 0.717) is 10.8 Å². The van der Waals surface area contributed by atoms with Crippen molar-refractivity contribution < 1.29 is 8.94 Å². The zero-order chi connectivity index (χ0) is 42.8. The summed E-state index contributed by atoms with van der Waals surface area (Å²) in [4.78, 5) is 8.80. The van der Waals surface area contributed by atoms with Gasteiger partial charge in [-0.05, 0) is 35.2 Å². The number of nitrogens with zero attached hydrogens (tertiary/aromatic N) is 4. The van der Waals surface area contributed by atoms with Gasteiger partial charge in [-0.15, -0.1) is 0 Å². The predicted octanol–water partition coefficient (Wildman–Crippen LogP) is 14.2. The molecular formula is C48H84N4O2. The molecule has 0 radical (unpaired) electrons. The minimum atomic E-state index is 0.0316. The van der Waals surface area contributed by atoms with Crippen LogP contribution in [0.15, 0.2) is 45.0 Å². The fourth-order valence-corrected chi connectivity index (χ4v) is 6.86. The van der Waals surface area contributed by atoms with Crippen molar-refractivity contribution in [1.29, 1.82) is 0 Å². The number of hydrogen-bond acceptors (Lipinski definition) is 5. The topological polar surface area (TPSA) is 69.9 Å². The highest BCUT2D eigenvalue weighted by Crippen LogP contribution is 2.42. The summed E-state index contributed by atoms with van der Waals surface area (Å²) < 4.78 is 13.0. The highest BCUT2D eigenvalue weighted by Gasteiger charge is 2.33. The minimum absolute atomic E-state index is 0.0316. The van der Waals surface area contributed by atoms with Crippen LogP contribution >= 0.6 is 0 Å². The number of aromatic nitrogens is 4. The van der Waals surface area contributed by atoms with E-state index in [2.05, 4.69) is 205 Å². The summed E-state index contributed by atoms with van der Waals surface area (Å²) >= 11 is 0. The van der Waals surface area contributed by atoms with Gasteiger partial charge in [-0.25, -0.2) is 9.97 Å². The molecule has 4 rings (SSSR count). The summed E-state index contributed by atoms with van der Waals surface area (Å²) in [5, 5.41) is 4.07. The monoisotopic (exact) mass is 749 g/mol. The normalized spacial score (nSPS) is 14.6. The Morgan fingerprint density at radius 3 is 1.31 bits per heavy atom. The second kappa shape index (κ2) is 16.7. The molecule has 308 valence electrons. The lowest BCUT2D eigenvalue weighted by Gasteiger charge is -2.29. The average molecular weight is 749 g/mol. The summed E-state index contributed by atoms with van der Waals surface area (Å²) in [5.41, 5.74) is 10.2. The third kappa shape index (κ3) is 13.7. The molecule has 1 aliphatic rings. The van der Waals surface area contributed by atoms with Crippen LogP contribution in [0.2, 0.25) is 0 Å². The van der Waals surface area contributed by atoms with E-state index in [1.165, 1.54) is 17.0 Å². The van der Waals surface area contributed by atoms with Gasteiger partial charge in [-0.1, -0.05) is 189 Å². The van der Waals surface area contributed by atoms with Gasteiger partial charge in [0, 0.05) is 45.4 Å². The van der Waals surface area contributed by atoms with Gasteiger partial charge in [-0.2, -0.15) is 0 Å². The molecule has 0 unspecified atom stereocenters. The van der Waals surface area contributed by atoms with E-state index >= 15 is 0 Å².